The third kappa shape index (κ3) is 5.79. The lowest BCUT2D eigenvalue weighted by Crippen LogP contribution is -2.39. The zero-order valence-corrected chi connectivity index (χ0v) is 14.9. The molecule has 0 atom stereocenters. The highest BCUT2D eigenvalue weighted by molar-refractivity contribution is 7.09. The summed E-state index contributed by atoms with van der Waals surface area (Å²) in [4.78, 5) is 27.1. The Kier molecular flexibility index (Phi) is 6.96. The van der Waals surface area contributed by atoms with Crippen LogP contribution in [-0.2, 0) is 22.6 Å². The van der Waals surface area contributed by atoms with Crippen LogP contribution in [0.4, 0.5) is 5.69 Å². The maximum absolute atomic E-state index is 12.0. The molecule has 0 aliphatic carbocycles. The zero-order valence-electron chi connectivity index (χ0n) is 14.0. The van der Waals surface area contributed by atoms with Crippen LogP contribution in [0.15, 0.2) is 41.8 Å². The van der Waals surface area contributed by atoms with E-state index >= 15 is 0 Å². The van der Waals surface area contributed by atoms with Crippen LogP contribution in [0.3, 0.4) is 0 Å². The number of para-hydroxylation sites is 1. The lowest BCUT2D eigenvalue weighted by Gasteiger charge is -2.15. The summed E-state index contributed by atoms with van der Waals surface area (Å²) in [5, 5.41) is 7.52. The van der Waals surface area contributed by atoms with E-state index < -0.39 is 0 Å². The average molecular weight is 345 g/mol. The number of nitrogens with one attached hydrogen (secondary N) is 2. The van der Waals surface area contributed by atoms with Crippen LogP contribution in [0.2, 0.25) is 0 Å². The van der Waals surface area contributed by atoms with E-state index in [2.05, 4.69) is 10.6 Å². The fourth-order valence-corrected chi connectivity index (χ4v) is 3.13. The molecule has 0 unspecified atom stereocenters. The number of rotatable bonds is 8. The predicted molar refractivity (Wildman–Crippen MR) is 98.1 cm³/mol. The van der Waals surface area contributed by atoms with E-state index in [1.54, 1.807) is 11.3 Å². The van der Waals surface area contributed by atoms with Crippen molar-refractivity contribution in [2.24, 2.45) is 0 Å². The van der Waals surface area contributed by atoms with Gasteiger partial charge in [0.25, 0.3) is 0 Å². The molecule has 128 valence electrons. The first-order chi connectivity index (χ1) is 11.6. The van der Waals surface area contributed by atoms with Crippen LogP contribution in [0.1, 0.15) is 17.4 Å². The number of nitrogens with zero attached hydrogens (tertiary/aromatic N) is 1. The van der Waals surface area contributed by atoms with Gasteiger partial charge in [-0.15, -0.1) is 11.3 Å². The van der Waals surface area contributed by atoms with Gasteiger partial charge in [-0.05, 0) is 36.5 Å². The highest BCUT2D eigenvalue weighted by Crippen LogP contribution is 2.15. The Balaban J connectivity index is 1.73. The molecule has 0 saturated carbocycles. The number of carbonyl (C=O) groups excluding carboxylic acids is 2. The predicted octanol–water partition coefficient (Wildman–Crippen LogP) is 2.50. The summed E-state index contributed by atoms with van der Waals surface area (Å²) in [6.45, 7) is 3.00. The van der Waals surface area contributed by atoms with Crippen molar-refractivity contribution >= 4 is 28.8 Å². The van der Waals surface area contributed by atoms with E-state index in [4.69, 9.17) is 0 Å². The molecule has 0 aliphatic heterocycles. The summed E-state index contributed by atoms with van der Waals surface area (Å²) in [6.07, 6.45) is 0.844. The first-order valence-electron chi connectivity index (χ1n) is 7.94. The molecule has 1 aromatic heterocycles. The zero-order chi connectivity index (χ0) is 17.4. The van der Waals surface area contributed by atoms with Gasteiger partial charge in [0, 0.05) is 17.1 Å². The molecule has 0 fully saturated rings. The summed E-state index contributed by atoms with van der Waals surface area (Å²) in [5.41, 5.74) is 1.88. The molecule has 0 bridgehead atoms. The minimum Gasteiger partial charge on any atom is -0.346 e. The first kappa shape index (κ1) is 18.2. The number of aryl methyl sites for hydroxylation is 1. The molecule has 0 aliphatic rings. The highest BCUT2D eigenvalue weighted by atomic mass is 32.1. The van der Waals surface area contributed by atoms with Crippen molar-refractivity contribution in [2.75, 3.05) is 25.5 Å². The molecule has 2 N–H and O–H groups in total. The monoisotopic (exact) mass is 345 g/mol. The molecule has 2 aromatic rings. The standard InChI is InChI=1S/C18H23N3O2S/c1-3-14-7-4-5-9-16(14)20-17(22)11-19-18(23)13-21(2)12-15-8-6-10-24-15/h4-10H,3,11-13H2,1-2H3,(H,19,23)(H,20,22). The maximum atomic E-state index is 12.0. The lowest BCUT2D eigenvalue weighted by atomic mass is 10.1. The molecule has 5 nitrogen and oxygen atoms in total. The van der Waals surface area contributed by atoms with E-state index in [1.165, 1.54) is 4.88 Å². The van der Waals surface area contributed by atoms with Crippen LogP contribution in [-0.4, -0.2) is 36.9 Å². The molecule has 24 heavy (non-hydrogen) atoms. The van der Waals surface area contributed by atoms with Gasteiger partial charge in [-0.3, -0.25) is 14.5 Å². The van der Waals surface area contributed by atoms with E-state index in [9.17, 15) is 9.59 Å². The number of carbonyl (C=O) groups is 2. The second-order valence-corrected chi connectivity index (χ2v) is 6.62. The van der Waals surface area contributed by atoms with Gasteiger partial charge < -0.3 is 10.6 Å². The normalized spacial score (nSPS) is 10.6. The Labute approximate surface area is 146 Å². The lowest BCUT2D eigenvalue weighted by molar-refractivity contribution is -0.124. The Morgan fingerprint density at radius 2 is 1.92 bits per heavy atom. The molecule has 2 amide bonds. The quantitative estimate of drug-likeness (QED) is 0.773. The molecule has 0 spiro atoms. The van der Waals surface area contributed by atoms with Crippen molar-refractivity contribution in [3.8, 4) is 0 Å². The molecule has 0 saturated heterocycles. The van der Waals surface area contributed by atoms with Gasteiger partial charge in [-0.1, -0.05) is 31.2 Å². The van der Waals surface area contributed by atoms with Crippen LogP contribution in [0, 0.1) is 0 Å². The Hall–Kier alpha value is -2.18. The largest absolute Gasteiger partial charge is 0.346 e. The second-order valence-electron chi connectivity index (χ2n) is 5.59. The average Bonchev–Trinajstić information content (AvgIpc) is 3.06. The second kappa shape index (κ2) is 9.20. The third-order valence-electron chi connectivity index (χ3n) is 3.54. The van der Waals surface area contributed by atoms with Crippen molar-refractivity contribution < 1.29 is 9.59 Å². The molecule has 1 aromatic carbocycles. The number of benzene rings is 1. The maximum Gasteiger partial charge on any atom is 0.243 e. The summed E-state index contributed by atoms with van der Waals surface area (Å²) in [6, 6.07) is 11.7. The molecular formula is C18H23N3O2S. The van der Waals surface area contributed by atoms with E-state index in [-0.39, 0.29) is 24.9 Å². The topological polar surface area (TPSA) is 61.4 Å². The van der Waals surface area contributed by atoms with E-state index in [1.807, 2.05) is 60.6 Å². The van der Waals surface area contributed by atoms with Gasteiger partial charge >= 0.3 is 0 Å². The van der Waals surface area contributed by atoms with Gasteiger partial charge in [0.1, 0.15) is 0 Å². The molecule has 6 heteroatoms. The van der Waals surface area contributed by atoms with Gasteiger partial charge in [-0.2, -0.15) is 0 Å². The number of likely N-dealkylation sites (N-methyl/N-ethyl adjacent to an activating group) is 1. The third-order valence-corrected chi connectivity index (χ3v) is 4.40. The summed E-state index contributed by atoms with van der Waals surface area (Å²) >= 11 is 1.66. The summed E-state index contributed by atoms with van der Waals surface area (Å²) < 4.78 is 0. The Morgan fingerprint density at radius 3 is 2.62 bits per heavy atom. The number of hydrogen-bond donors (Lipinski definition) is 2. The van der Waals surface area contributed by atoms with Gasteiger partial charge in [-0.25, -0.2) is 0 Å². The number of hydrogen-bond acceptors (Lipinski definition) is 4. The number of thiophene rings is 1. The molecule has 0 radical (unpaired) electrons. The summed E-state index contributed by atoms with van der Waals surface area (Å²) in [5.74, 6) is -0.377. The van der Waals surface area contributed by atoms with Gasteiger partial charge in [0.05, 0.1) is 13.1 Å². The molecular weight excluding hydrogens is 322 g/mol. The fraction of sp³-hybridized carbons (Fsp3) is 0.333. The van der Waals surface area contributed by atoms with Gasteiger partial charge in [0.2, 0.25) is 11.8 Å². The van der Waals surface area contributed by atoms with Crippen molar-refractivity contribution in [1.82, 2.24) is 10.2 Å². The van der Waals surface area contributed by atoms with Gasteiger partial charge in [0.15, 0.2) is 0 Å². The highest BCUT2D eigenvalue weighted by Gasteiger charge is 2.10. The number of anilines is 1. The van der Waals surface area contributed by atoms with E-state index in [0.717, 1.165) is 24.2 Å². The SMILES string of the molecule is CCc1ccccc1NC(=O)CNC(=O)CN(C)Cc1cccs1. The summed E-state index contributed by atoms with van der Waals surface area (Å²) in [7, 11) is 1.89. The smallest absolute Gasteiger partial charge is 0.243 e. The van der Waals surface area contributed by atoms with Crippen LogP contribution < -0.4 is 10.6 Å². The van der Waals surface area contributed by atoms with E-state index in [0.29, 0.717) is 0 Å². The van der Waals surface area contributed by atoms with Crippen molar-refractivity contribution in [3.05, 3.63) is 52.2 Å². The fourth-order valence-electron chi connectivity index (χ4n) is 2.35. The van der Waals surface area contributed by atoms with Crippen molar-refractivity contribution in [3.63, 3.8) is 0 Å². The number of amides is 2. The minimum atomic E-state index is -0.217. The molecule has 2 rings (SSSR count). The minimum absolute atomic E-state index is 0.0241. The molecule has 1 heterocycles. The van der Waals surface area contributed by atoms with Crippen LogP contribution in [0.25, 0.3) is 0 Å². The van der Waals surface area contributed by atoms with Crippen molar-refractivity contribution in [1.29, 1.82) is 0 Å². The van der Waals surface area contributed by atoms with Crippen LogP contribution >= 0.6 is 11.3 Å². The Bertz CT molecular complexity index is 671. The van der Waals surface area contributed by atoms with Crippen LogP contribution in [0.5, 0.6) is 0 Å². The van der Waals surface area contributed by atoms with Crippen molar-refractivity contribution in [2.45, 2.75) is 19.9 Å². The Morgan fingerprint density at radius 1 is 1.12 bits per heavy atom. The first-order valence-corrected chi connectivity index (χ1v) is 8.81.